The van der Waals surface area contributed by atoms with E-state index in [0.717, 1.165) is 3.79 Å². The number of thiophene rings is 1. The first-order valence-electron chi connectivity index (χ1n) is 13.8. The van der Waals surface area contributed by atoms with Gasteiger partial charge in [-0.1, -0.05) is 0 Å². The van der Waals surface area contributed by atoms with Crippen molar-refractivity contribution < 1.29 is 18.0 Å². The molecule has 1 saturated carbocycles. The molecular weight excluding hydrogens is 668 g/mol. The van der Waals surface area contributed by atoms with Gasteiger partial charge >= 0.3 is 0 Å². The summed E-state index contributed by atoms with van der Waals surface area (Å²) in [4.78, 5) is 44.3. The molecule has 5 heterocycles. The number of nitriles is 1. The number of hydrogen-bond acceptors (Lipinski definition) is 9. The Labute approximate surface area is 265 Å². The van der Waals surface area contributed by atoms with Crippen molar-refractivity contribution in [2.75, 3.05) is 13.1 Å². The van der Waals surface area contributed by atoms with Gasteiger partial charge < -0.3 is 15.3 Å². The monoisotopic (exact) mass is 692 g/mol. The van der Waals surface area contributed by atoms with Crippen LogP contribution in [0.1, 0.15) is 27.3 Å². The average molecular weight is 694 g/mol. The van der Waals surface area contributed by atoms with Gasteiger partial charge in [0, 0.05) is 67.8 Å². The van der Waals surface area contributed by atoms with Gasteiger partial charge in [-0.15, -0.1) is 11.3 Å². The summed E-state index contributed by atoms with van der Waals surface area (Å²) in [6, 6.07) is 11.4. The molecule has 1 amide bonds. The van der Waals surface area contributed by atoms with Gasteiger partial charge in [-0.3, -0.25) is 14.5 Å². The number of carbonyl (C=O) groups is 2. The van der Waals surface area contributed by atoms with E-state index in [-0.39, 0.29) is 59.7 Å². The van der Waals surface area contributed by atoms with E-state index >= 15 is 0 Å². The molecule has 3 fully saturated rings. The maximum atomic E-state index is 14.6. The number of amides is 1. The van der Waals surface area contributed by atoms with Gasteiger partial charge in [0.05, 0.1) is 39.5 Å². The Balaban J connectivity index is 1.22. The number of nitrogens with one attached hydrogen (secondary N) is 3. The minimum atomic E-state index is -3.66. The molecule has 0 spiro atoms. The first-order valence-corrected chi connectivity index (χ1v) is 16.8. The molecule has 3 atom stereocenters. The van der Waals surface area contributed by atoms with Crippen molar-refractivity contribution in [2.24, 2.45) is 11.8 Å². The summed E-state index contributed by atoms with van der Waals surface area (Å²) in [5.74, 6) is -0.369. The van der Waals surface area contributed by atoms with Crippen LogP contribution in [-0.4, -0.2) is 73.9 Å². The maximum Gasteiger partial charge on any atom is 0.254 e. The second-order valence-electron chi connectivity index (χ2n) is 11.1. The van der Waals surface area contributed by atoms with Crippen LogP contribution in [0.5, 0.6) is 0 Å². The van der Waals surface area contributed by atoms with Gasteiger partial charge in [0.1, 0.15) is 15.6 Å². The minimum absolute atomic E-state index is 0.0843. The van der Waals surface area contributed by atoms with E-state index in [9.17, 15) is 18.0 Å². The van der Waals surface area contributed by atoms with Crippen molar-refractivity contribution in [2.45, 2.75) is 28.6 Å². The molecule has 3 aliphatic rings. The molecule has 0 radical (unpaired) electrons. The van der Waals surface area contributed by atoms with Gasteiger partial charge in [-0.05, 0) is 52.3 Å². The predicted molar refractivity (Wildman–Crippen MR) is 162 cm³/mol. The number of fused-ring (bicyclic) bond motifs is 1. The standard InChI is InChI=1S/C29H25BrN8O4S2/c30-24-5-6-26(43-24)44(41,42)37-13-21-22(14-37)27(21)38-25(7-23(39)18-3-1-17(10-31)2-4-18)36-29(28(38)40,8-19-11-32-15-34-19)9-20-12-33-16-35-20/h1-7,11-12,15-16,21-22,27,36H,8-9,13-14H2,(H,32,34)(H,33,35)/t21-,22+,27+. The highest BCUT2D eigenvalue weighted by Gasteiger charge is 2.65. The number of aromatic amines is 2. The number of ketones is 1. The summed E-state index contributed by atoms with van der Waals surface area (Å²) in [6.07, 6.45) is 8.44. The number of halogens is 1. The van der Waals surface area contributed by atoms with Gasteiger partial charge in [-0.2, -0.15) is 9.57 Å². The minimum Gasteiger partial charge on any atom is -0.356 e. The lowest BCUT2D eigenvalue weighted by Crippen LogP contribution is -2.51. The van der Waals surface area contributed by atoms with Crippen LogP contribution < -0.4 is 5.32 Å². The largest absolute Gasteiger partial charge is 0.356 e. The summed E-state index contributed by atoms with van der Waals surface area (Å²) in [7, 11) is -3.66. The Bertz CT molecular complexity index is 1870. The van der Waals surface area contributed by atoms with Gasteiger partial charge in [-0.25, -0.2) is 18.4 Å². The molecule has 224 valence electrons. The third-order valence-electron chi connectivity index (χ3n) is 8.45. The van der Waals surface area contributed by atoms with Gasteiger partial charge in [0.25, 0.3) is 15.9 Å². The highest BCUT2D eigenvalue weighted by Crippen LogP contribution is 2.53. The molecule has 1 aromatic carbocycles. The van der Waals surface area contributed by atoms with E-state index in [1.165, 1.54) is 21.7 Å². The van der Waals surface area contributed by atoms with Crippen LogP contribution in [0, 0.1) is 23.2 Å². The number of nitrogens with zero attached hydrogens (tertiary/aromatic N) is 5. The molecule has 15 heteroatoms. The van der Waals surface area contributed by atoms with E-state index in [1.807, 2.05) is 6.07 Å². The molecule has 0 bridgehead atoms. The van der Waals surface area contributed by atoms with Crippen molar-refractivity contribution in [1.82, 2.24) is 34.5 Å². The molecule has 3 N–H and O–H groups in total. The average Bonchev–Trinajstić information content (AvgIpc) is 3.72. The lowest BCUT2D eigenvalue weighted by Gasteiger charge is -2.27. The van der Waals surface area contributed by atoms with Gasteiger partial charge in [0.2, 0.25) is 0 Å². The van der Waals surface area contributed by atoms with Crippen molar-refractivity contribution >= 4 is 49.0 Å². The van der Waals surface area contributed by atoms with Crippen molar-refractivity contribution in [3.63, 3.8) is 0 Å². The molecule has 44 heavy (non-hydrogen) atoms. The zero-order valence-corrected chi connectivity index (χ0v) is 26.2. The Hall–Kier alpha value is -4.10. The van der Waals surface area contributed by atoms with Crippen LogP contribution in [0.3, 0.4) is 0 Å². The van der Waals surface area contributed by atoms with E-state index in [2.05, 4.69) is 41.2 Å². The second kappa shape index (κ2) is 10.8. The highest BCUT2D eigenvalue weighted by atomic mass is 79.9. The SMILES string of the molecule is N#Cc1ccc(C(=O)C=C2NC(Cc3c[nH]cn3)(Cc3c[nH]cn3)C(=O)N2[C@H]2[C@@H]3CN(S(=O)(=O)c4ccc(Br)s4)C[C@@H]32)cc1. The van der Waals surface area contributed by atoms with E-state index < -0.39 is 15.6 Å². The zero-order valence-electron chi connectivity index (χ0n) is 23.0. The highest BCUT2D eigenvalue weighted by molar-refractivity contribution is 9.11. The third kappa shape index (κ3) is 4.97. The normalized spacial score (nSPS) is 23.5. The molecule has 7 rings (SSSR count). The number of imidazole rings is 2. The van der Waals surface area contributed by atoms with Crippen LogP contribution >= 0.6 is 27.3 Å². The fraction of sp³-hybridized carbons (Fsp3) is 0.276. The van der Waals surface area contributed by atoms with E-state index in [0.29, 0.717) is 28.3 Å². The topological polar surface area (TPSA) is 168 Å². The number of hydrogen-bond donors (Lipinski definition) is 3. The van der Waals surface area contributed by atoms with Crippen LogP contribution in [-0.2, 0) is 27.7 Å². The number of aromatic nitrogens is 4. The molecule has 2 saturated heterocycles. The third-order valence-corrected chi connectivity index (χ3v) is 12.4. The zero-order chi connectivity index (χ0) is 30.6. The number of rotatable bonds is 9. The maximum absolute atomic E-state index is 14.6. The van der Waals surface area contributed by atoms with Crippen molar-refractivity contribution in [3.8, 4) is 6.07 Å². The first-order chi connectivity index (χ1) is 21.2. The first kappa shape index (κ1) is 28.7. The molecule has 4 aromatic rings. The van der Waals surface area contributed by atoms with E-state index in [1.54, 1.807) is 66.3 Å². The quantitative estimate of drug-likeness (QED) is 0.178. The van der Waals surface area contributed by atoms with Crippen LogP contribution in [0.15, 0.2) is 81.3 Å². The molecule has 2 aliphatic heterocycles. The lowest BCUT2D eigenvalue weighted by atomic mass is 9.88. The van der Waals surface area contributed by atoms with Crippen LogP contribution in [0.25, 0.3) is 0 Å². The van der Waals surface area contributed by atoms with Crippen LogP contribution in [0.2, 0.25) is 0 Å². The number of H-pyrrole nitrogens is 2. The van der Waals surface area contributed by atoms with Gasteiger partial charge in [0.15, 0.2) is 5.78 Å². The van der Waals surface area contributed by atoms with Crippen molar-refractivity contribution in [3.05, 3.63) is 99.6 Å². The molecule has 3 aromatic heterocycles. The molecule has 0 unspecified atom stereocenters. The summed E-state index contributed by atoms with van der Waals surface area (Å²) < 4.78 is 29.1. The summed E-state index contributed by atoms with van der Waals surface area (Å²) in [5.41, 5.74) is 0.945. The number of carbonyl (C=O) groups excluding carboxylic acids is 2. The Morgan fingerprint density at radius 1 is 1.07 bits per heavy atom. The second-order valence-corrected chi connectivity index (χ2v) is 15.8. The Morgan fingerprint density at radius 3 is 2.23 bits per heavy atom. The fourth-order valence-electron chi connectivity index (χ4n) is 6.31. The van der Waals surface area contributed by atoms with Crippen molar-refractivity contribution in [1.29, 1.82) is 5.26 Å². The van der Waals surface area contributed by atoms with E-state index in [4.69, 9.17) is 5.26 Å². The molecule has 12 nitrogen and oxygen atoms in total. The predicted octanol–water partition coefficient (Wildman–Crippen LogP) is 2.83. The number of benzene rings is 1. The number of piperidine rings is 1. The Morgan fingerprint density at radius 2 is 1.70 bits per heavy atom. The number of allylic oxidation sites excluding steroid dienone is 1. The Kier molecular flexibility index (Phi) is 7.04. The summed E-state index contributed by atoms with van der Waals surface area (Å²) >= 11 is 4.51. The number of sulfonamides is 1. The lowest BCUT2D eigenvalue weighted by molar-refractivity contribution is -0.132. The molecule has 1 aliphatic carbocycles. The molecular formula is C29H25BrN8O4S2. The smallest absolute Gasteiger partial charge is 0.254 e. The van der Waals surface area contributed by atoms with Crippen LogP contribution in [0.4, 0.5) is 0 Å². The fourth-order valence-corrected chi connectivity index (χ4v) is 9.99. The summed E-state index contributed by atoms with van der Waals surface area (Å²) in [5, 5.41) is 12.6. The summed E-state index contributed by atoms with van der Waals surface area (Å²) in [6.45, 7) is 0.555.